The largest absolute Gasteiger partial charge is 0.331 e. The minimum atomic E-state index is 0.0753. The van der Waals surface area contributed by atoms with Gasteiger partial charge in [0.15, 0.2) is 0 Å². The second-order valence-electron chi connectivity index (χ2n) is 7.44. The van der Waals surface area contributed by atoms with Gasteiger partial charge in [-0.05, 0) is 43.0 Å². The minimum absolute atomic E-state index is 0.0753. The maximum Gasteiger partial charge on any atom is 0.254 e. The lowest BCUT2D eigenvalue weighted by Gasteiger charge is -2.24. The van der Waals surface area contributed by atoms with E-state index < -0.39 is 0 Å². The zero-order valence-electron chi connectivity index (χ0n) is 16.6. The number of nitrogens with zero attached hydrogens (tertiary/aromatic N) is 3. The van der Waals surface area contributed by atoms with Crippen LogP contribution in [0.1, 0.15) is 49.8 Å². The van der Waals surface area contributed by atoms with E-state index in [1.165, 1.54) is 0 Å². The Labute approximate surface area is 161 Å². The van der Waals surface area contributed by atoms with Crippen LogP contribution in [-0.4, -0.2) is 26.9 Å². The Kier molecular flexibility index (Phi) is 6.28. The predicted molar refractivity (Wildman–Crippen MR) is 111 cm³/mol. The van der Waals surface area contributed by atoms with Crippen molar-refractivity contribution in [3.05, 3.63) is 66.0 Å². The van der Waals surface area contributed by atoms with Crippen molar-refractivity contribution in [1.82, 2.24) is 14.5 Å². The number of fused-ring (bicyclic) bond motifs is 1. The van der Waals surface area contributed by atoms with Crippen LogP contribution in [0, 0.1) is 5.92 Å². The summed E-state index contributed by atoms with van der Waals surface area (Å²) in [5, 5.41) is 0. The summed E-state index contributed by atoms with van der Waals surface area (Å²) in [6, 6.07) is 17.8. The van der Waals surface area contributed by atoms with E-state index in [9.17, 15) is 4.79 Å². The van der Waals surface area contributed by atoms with Crippen molar-refractivity contribution in [2.75, 3.05) is 6.54 Å². The van der Waals surface area contributed by atoms with Gasteiger partial charge in [-0.2, -0.15) is 0 Å². The molecule has 1 heterocycles. The third-order valence-electron chi connectivity index (χ3n) is 4.80. The molecule has 0 aliphatic heterocycles. The Morgan fingerprint density at radius 3 is 2.48 bits per heavy atom. The molecule has 3 rings (SSSR count). The number of aromatic nitrogens is 2. The lowest BCUT2D eigenvalue weighted by molar-refractivity contribution is 0.0729. The van der Waals surface area contributed by atoms with E-state index in [2.05, 4.69) is 31.4 Å². The lowest BCUT2D eigenvalue weighted by atomic mass is 10.1. The van der Waals surface area contributed by atoms with Crippen molar-refractivity contribution in [1.29, 1.82) is 0 Å². The summed E-state index contributed by atoms with van der Waals surface area (Å²) in [4.78, 5) is 19.9. The Morgan fingerprint density at radius 1 is 1.07 bits per heavy atom. The summed E-state index contributed by atoms with van der Waals surface area (Å²) in [7, 11) is 0. The van der Waals surface area contributed by atoms with Gasteiger partial charge in [0.1, 0.15) is 5.82 Å². The second-order valence-corrected chi connectivity index (χ2v) is 7.44. The summed E-state index contributed by atoms with van der Waals surface area (Å²) < 4.78 is 2.26. The average molecular weight is 364 g/mol. The fourth-order valence-corrected chi connectivity index (χ4v) is 3.32. The highest BCUT2D eigenvalue weighted by atomic mass is 16.2. The quantitative estimate of drug-likeness (QED) is 0.556. The van der Waals surface area contributed by atoms with Gasteiger partial charge in [-0.1, -0.05) is 51.1 Å². The topological polar surface area (TPSA) is 38.1 Å². The molecule has 0 aliphatic carbocycles. The summed E-state index contributed by atoms with van der Waals surface area (Å²) in [5.41, 5.74) is 2.88. The molecule has 3 aromatic rings. The lowest BCUT2D eigenvalue weighted by Crippen LogP contribution is -2.33. The second kappa shape index (κ2) is 8.85. The maximum atomic E-state index is 13.1. The third kappa shape index (κ3) is 4.57. The van der Waals surface area contributed by atoms with Crippen molar-refractivity contribution < 1.29 is 4.79 Å². The van der Waals surface area contributed by atoms with Crippen LogP contribution in [0.15, 0.2) is 54.6 Å². The van der Waals surface area contributed by atoms with Crippen LogP contribution < -0.4 is 0 Å². The molecule has 0 saturated carbocycles. The monoisotopic (exact) mass is 363 g/mol. The smallest absolute Gasteiger partial charge is 0.254 e. The molecule has 142 valence electrons. The van der Waals surface area contributed by atoms with Crippen molar-refractivity contribution in [2.45, 2.75) is 46.7 Å². The SMILES string of the molecule is CCCn1c(CN(CCC(C)C)C(=O)c2ccccc2)nc2ccccc21. The van der Waals surface area contributed by atoms with Crippen LogP contribution in [-0.2, 0) is 13.1 Å². The molecule has 0 bridgehead atoms. The third-order valence-corrected chi connectivity index (χ3v) is 4.80. The number of rotatable bonds is 8. The van der Waals surface area contributed by atoms with E-state index in [4.69, 9.17) is 4.98 Å². The number of para-hydroxylation sites is 2. The molecule has 0 aliphatic rings. The summed E-state index contributed by atoms with van der Waals surface area (Å²) in [6.45, 7) is 8.74. The Bertz CT molecular complexity index is 883. The number of carbonyl (C=O) groups is 1. The van der Waals surface area contributed by atoms with Gasteiger partial charge in [0, 0.05) is 18.7 Å². The highest BCUT2D eigenvalue weighted by molar-refractivity contribution is 5.94. The van der Waals surface area contributed by atoms with Crippen LogP contribution in [0.3, 0.4) is 0 Å². The van der Waals surface area contributed by atoms with Gasteiger partial charge in [-0.3, -0.25) is 4.79 Å². The van der Waals surface area contributed by atoms with Gasteiger partial charge in [0.25, 0.3) is 5.91 Å². The summed E-state index contributed by atoms with van der Waals surface area (Å²) >= 11 is 0. The fraction of sp³-hybridized carbons (Fsp3) is 0.391. The van der Waals surface area contributed by atoms with Crippen molar-refractivity contribution in [3.63, 3.8) is 0 Å². The maximum absolute atomic E-state index is 13.1. The van der Waals surface area contributed by atoms with Gasteiger partial charge >= 0.3 is 0 Å². The highest BCUT2D eigenvalue weighted by Crippen LogP contribution is 2.19. The molecule has 0 unspecified atom stereocenters. The average Bonchev–Trinajstić information content (AvgIpc) is 3.03. The van der Waals surface area contributed by atoms with E-state index in [0.29, 0.717) is 12.5 Å². The Hall–Kier alpha value is -2.62. The van der Waals surface area contributed by atoms with Crippen LogP contribution in [0.2, 0.25) is 0 Å². The van der Waals surface area contributed by atoms with Gasteiger partial charge in [-0.25, -0.2) is 4.98 Å². The first kappa shape index (κ1) is 19.2. The molecule has 0 fully saturated rings. The molecule has 4 nitrogen and oxygen atoms in total. The van der Waals surface area contributed by atoms with Crippen LogP contribution in [0.5, 0.6) is 0 Å². The van der Waals surface area contributed by atoms with E-state index >= 15 is 0 Å². The highest BCUT2D eigenvalue weighted by Gasteiger charge is 2.20. The number of aryl methyl sites for hydroxylation is 1. The standard InChI is InChI=1S/C23H29N3O/c1-4-15-26-21-13-9-8-12-20(21)24-22(26)17-25(16-14-18(2)3)23(27)19-10-6-5-7-11-19/h5-13,18H,4,14-17H2,1-3H3. The number of imidazole rings is 1. The predicted octanol–water partition coefficient (Wildman–Crippen LogP) is 5.13. The molecule has 0 spiro atoms. The van der Waals surface area contributed by atoms with Crippen molar-refractivity contribution in [2.24, 2.45) is 5.92 Å². The summed E-state index contributed by atoms with van der Waals surface area (Å²) in [5.74, 6) is 1.59. The summed E-state index contributed by atoms with van der Waals surface area (Å²) in [6.07, 6.45) is 2.01. The zero-order chi connectivity index (χ0) is 19.2. The molecule has 27 heavy (non-hydrogen) atoms. The van der Waals surface area contributed by atoms with Gasteiger partial charge in [-0.15, -0.1) is 0 Å². The number of benzene rings is 2. The van der Waals surface area contributed by atoms with Crippen LogP contribution >= 0.6 is 0 Å². The van der Waals surface area contributed by atoms with E-state index in [-0.39, 0.29) is 5.91 Å². The molecule has 1 aromatic heterocycles. The van der Waals surface area contributed by atoms with E-state index in [1.54, 1.807) is 0 Å². The number of hydrogen-bond acceptors (Lipinski definition) is 2. The van der Waals surface area contributed by atoms with Crippen LogP contribution in [0.4, 0.5) is 0 Å². The molecular formula is C23H29N3O. The van der Waals surface area contributed by atoms with Crippen molar-refractivity contribution in [3.8, 4) is 0 Å². The molecule has 1 amide bonds. The minimum Gasteiger partial charge on any atom is -0.331 e. The molecule has 0 saturated heterocycles. The zero-order valence-corrected chi connectivity index (χ0v) is 16.6. The number of amides is 1. The Morgan fingerprint density at radius 2 is 1.78 bits per heavy atom. The van der Waals surface area contributed by atoms with Gasteiger partial charge in [0.2, 0.25) is 0 Å². The molecule has 4 heteroatoms. The molecular weight excluding hydrogens is 334 g/mol. The Balaban J connectivity index is 1.92. The molecule has 2 aromatic carbocycles. The first-order valence-electron chi connectivity index (χ1n) is 9.88. The first-order valence-corrected chi connectivity index (χ1v) is 9.88. The van der Waals surface area contributed by atoms with Gasteiger partial charge < -0.3 is 9.47 Å². The van der Waals surface area contributed by atoms with Crippen LogP contribution in [0.25, 0.3) is 11.0 Å². The van der Waals surface area contributed by atoms with E-state index in [0.717, 1.165) is 48.4 Å². The normalized spacial score (nSPS) is 11.3. The molecule has 0 atom stereocenters. The fourth-order valence-electron chi connectivity index (χ4n) is 3.32. The van der Waals surface area contributed by atoms with Crippen molar-refractivity contribution >= 4 is 16.9 Å². The number of carbonyl (C=O) groups excluding carboxylic acids is 1. The first-order chi connectivity index (χ1) is 13.1. The molecule has 0 radical (unpaired) electrons. The van der Waals surface area contributed by atoms with E-state index in [1.807, 2.05) is 53.4 Å². The molecule has 0 N–H and O–H groups in total. The number of hydrogen-bond donors (Lipinski definition) is 0. The van der Waals surface area contributed by atoms with Gasteiger partial charge in [0.05, 0.1) is 17.6 Å².